The summed E-state index contributed by atoms with van der Waals surface area (Å²) < 4.78 is 37.5. The fraction of sp³-hybridized carbons (Fsp3) is 0.533. The first-order valence-electron chi connectivity index (χ1n) is 7.42. The number of sulfonamides is 1. The predicted octanol–water partition coefficient (Wildman–Crippen LogP) is 1.43. The van der Waals surface area contributed by atoms with Crippen LogP contribution in [0.15, 0.2) is 17.0 Å². The van der Waals surface area contributed by atoms with E-state index in [0.717, 1.165) is 0 Å². The molecule has 128 valence electrons. The van der Waals surface area contributed by atoms with E-state index in [0.29, 0.717) is 43.0 Å². The van der Waals surface area contributed by atoms with Crippen molar-refractivity contribution in [2.45, 2.75) is 25.2 Å². The Morgan fingerprint density at radius 2 is 1.96 bits per heavy atom. The van der Waals surface area contributed by atoms with E-state index < -0.39 is 10.0 Å². The molecule has 2 rings (SSSR count). The average Bonchev–Trinajstić information content (AvgIpc) is 2.88. The molecular weight excluding hydrogens is 320 g/mol. The Morgan fingerprint density at radius 3 is 2.48 bits per heavy atom. The molecule has 0 aromatic heterocycles. The number of benzene rings is 1. The van der Waals surface area contributed by atoms with Gasteiger partial charge in [-0.2, -0.15) is 0 Å². The number of methoxy groups -OCH3 is 1. The van der Waals surface area contributed by atoms with E-state index in [2.05, 4.69) is 4.72 Å². The van der Waals surface area contributed by atoms with Crippen LogP contribution in [0, 0.1) is 13.8 Å². The summed E-state index contributed by atoms with van der Waals surface area (Å²) in [6.07, 6.45) is 0.192. The van der Waals surface area contributed by atoms with Gasteiger partial charge in [-0.25, -0.2) is 17.9 Å². The second-order valence-electron chi connectivity index (χ2n) is 5.44. The van der Waals surface area contributed by atoms with Gasteiger partial charge in [-0.15, -0.1) is 0 Å². The predicted molar refractivity (Wildman–Crippen MR) is 85.2 cm³/mol. The van der Waals surface area contributed by atoms with Crippen molar-refractivity contribution < 1.29 is 22.7 Å². The first kappa shape index (κ1) is 17.6. The molecule has 1 aliphatic rings. The van der Waals surface area contributed by atoms with Crippen molar-refractivity contribution >= 4 is 16.1 Å². The van der Waals surface area contributed by atoms with E-state index in [1.807, 2.05) is 0 Å². The summed E-state index contributed by atoms with van der Waals surface area (Å²) in [5, 5.41) is 0. The van der Waals surface area contributed by atoms with Crippen LogP contribution >= 0.6 is 0 Å². The number of hydrogen-bond donors (Lipinski definition) is 1. The zero-order valence-electron chi connectivity index (χ0n) is 13.6. The normalized spacial score (nSPS) is 14.9. The largest absolute Gasteiger partial charge is 0.497 e. The number of aryl methyl sites for hydroxylation is 2. The fourth-order valence-corrected chi connectivity index (χ4v) is 4.15. The molecule has 1 amide bonds. The Kier molecular flexibility index (Phi) is 5.48. The molecule has 23 heavy (non-hydrogen) atoms. The molecule has 1 fully saturated rings. The zero-order valence-corrected chi connectivity index (χ0v) is 14.4. The van der Waals surface area contributed by atoms with Crippen LogP contribution < -0.4 is 9.46 Å². The van der Waals surface area contributed by atoms with Crippen LogP contribution in [-0.4, -0.2) is 52.8 Å². The van der Waals surface area contributed by atoms with E-state index in [9.17, 15) is 13.2 Å². The maximum Gasteiger partial charge on any atom is 0.409 e. The Labute approximate surface area is 136 Å². The lowest BCUT2D eigenvalue weighted by Crippen LogP contribution is -2.31. The minimum Gasteiger partial charge on any atom is -0.497 e. The van der Waals surface area contributed by atoms with Gasteiger partial charge >= 0.3 is 6.09 Å². The van der Waals surface area contributed by atoms with Crippen molar-refractivity contribution in [2.75, 3.05) is 33.4 Å². The van der Waals surface area contributed by atoms with Crippen LogP contribution in [0.2, 0.25) is 0 Å². The number of carbonyl (C=O) groups excluding carboxylic acids is 1. The summed E-state index contributed by atoms with van der Waals surface area (Å²) in [5.74, 6) is 0.631. The Hall–Kier alpha value is -1.80. The highest BCUT2D eigenvalue weighted by atomic mass is 32.2. The van der Waals surface area contributed by atoms with Crippen molar-refractivity contribution in [1.82, 2.24) is 9.62 Å². The van der Waals surface area contributed by atoms with Gasteiger partial charge < -0.3 is 14.4 Å². The molecule has 8 heteroatoms. The third-order valence-electron chi connectivity index (χ3n) is 3.68. The molecule has 0 atom stereocenters. The van der Waals surface area contributed by atoms with Gasteiger partial charge in [0.05, 0.1) is 18.6 Å². The lowest BCUT2D eigenvalue weighted by Gasteiger charge is -2.15. The van der Waals surface area contributed by atoms with E-state index in [1.54, 1.807) is 38.0 Å². The van der Waals surface area contributed by atoms with Crippen molar-refractivity contribution in [2.24, 2.45) is 0 Å². The number of carbonyl (C=O) groups is 1. The number of hydrogen-bond acceptors (Lipinski definition) is 5. The summed E-state index contributed by atoms with van der Waals surface area (Å²) in [4.78, 5) is 13.1. The van der Waals surface area contributed by atoms with Gasteiger partial charge in [0.25, 0.3) is 0 Å². The van der Waals surface area contributed by atoms with Crippen LogP contribution in [0.3, 0.4) is 0 Å². The van der Waals surface area contributed by atoms with Crippen LogP contribution in [0.5, 0.6) is 5.75 Å². The minimum absolute atomic E-state index is 0.261. The third kappa shape index (κ3) is 4.14. The lowest BCUT2D eigenvalue weighted by molar-refractivity contribution is 0.158. The molecule has 1 N–H and O–H groups in total. The summed E-state index contributed by atoms with van der Waals surface area (Å²) >= 11 is 0. The molecule has 0 saturated carbocycles. The van der Waals surface area contributed by atoms with Gasteiger partial charge in [0.1, 0.15) is 12.4 Å². The minimum atomic E-state index is -3.60. The molecule has 1 heterocycles. The molecule has 0 radical (unpaired) electrons. The van der Waals surface area contributed by atoms with Crippen LogP contribution in [0.4, 0.5) is 4.79 Å². The quantitative estimate of drug-likeness (QED) is 0.758. The molecular formula is C15H22N2O5S. The van der Waals surface area contributed by atoms with E-state index in [4.69, 9.17) is 9.47 Å². The SMILES string of the molecule is COc1cc(C)c(S(=O)(=O)NCCCN2CCOC2=O)c(C)c1. The molecule has 1 aromatic carbocycles. The van der Waals surface area contributed by atoms with Crippen LogP contribution in [-0.2, 0) is 14.8 Å². The Bertz CT molecular complexity index is 664. The molecule has 0 unspecified atom stereocenters. The topological polar surface area (TPSA) is 84.9 Å². The zero-order chi connectivity index (χ0) is 17.0. The summed E-state index contributed by atoms with van der Waals surface area (Å²) in [6, 6.07) is 3.39. The smallest absolute Gasteiger partial charge is 0.409 e. The van der Waals surface area contributed by atoms with Crippen molar-refractivity contribution in [3.63, 3.8) is 0 Å². The first-order chi connectivity index (χ1) is 10.8. The molecule has 1 aromatic rings. The van der Waals surface area contributed by atoms with E-state index >= 15 is 0 Å². The number of ether oxygens (including phenoxy) is 2. The maximum atomic E-state index is 12.5. The summed E-state index contributed by atoms with van der Waals surface area (Å²) in [6.45, 7) is 5.17. The third-order valence-corrected chi connectivity index (χ3v) is 5.45. The first-order valence-corrected chi connectivity index (χ1v) is 8.90. The molecule has 0 aliphatic carbocycles. The average molecular weight is 342 g/mol. The molecule has 0 bridgehead atoms. The highest BCUT2D eigenvalue weighted by molar-refractivity contribution is 7.89. The second kappa shape index (κ2) is 7.18. The van der Waals surface area contributed by atoms with Crippen molar-refractivity contribution in [3.8, 4) is 5.75 Å². The summed E-state index contributed by atoms with van der Waals surface area (Å²) in [7, 11) is -2.05. The van der Waals surface area contributed by atoms with Gasteiger partial charge in [0, 0.05) is 13.1 Å². The number of cyclic esters (lactones) is 1. The van der Waals surface area contributed by atoms with Gasteiger partial charge in [-0.1, -0.05) is 0 Å². The van der Waals surface area contributed by atoms with Crippen molar-refractivity contribution in [3.05, 3.63) is 23.3 Å². The highest BCUT2D eigenvalue weighted by Gasteiger charge is 2.22. The maximum absolute atomic E-state index is 12.5. The number of amides is 1. The van der Waals surface area contributed by atoms with Gasteiger partial charge in [-0.05, 0) is 43.5 Å². The molecule has 1 saturated heterocycles. The van der Waals surface area contributed by atoms with Crippen LogP contribution in [0.1, 0.15) is 17.5 Å². The molecule has 1 aliphatic heterocycles. The monoisotopic (exact) mass is 342 g/mol. The van der Waals surface area contributed by atoms with E-state index in [1.165, 1.54) is 0 Å². The van der Waals surface area contributed by atoms with Gasteiger partial charge in [0.15, 0.2) is 0 Å². The van der Waals surface area contributed by atoms with Crippen LogP contribution in [0.25, 0.3) is 0 Å². The highest BCUT2D eigenvalue weighted by Crippen LogP contribution is 2.25. The second-order valence-corrected chi connectivity index (χ2v) is 7.15. The fourth-order valence-electron chi connectivity index (χ4n) is 2.63. The number of nitrogens with zero attached hydrogens (tertiary/aromatic N) is 1. The molecule has 0 spiro atoms. The van der Waals surface area contributed by atoms with Gasteiger partial charge in [-0.3, -0.25) is 0 Å². The van der Waals surface area contributed by atoms with E-state index in [-0.39, 0.29) is 17.5 Å². The number of nitrogens with one attached hydrogen (secondary N) is 1. The number of rotatable bonds is 7. The lowest BCUT2D eigenvalue weighted by atomic mass is 10.1. The Morgan fingerprint density at radius 1 is 1.30 bits per heavy atom. The standard InChI is InChI=1S/C15H22N2O5S/c1-11-9-13(21-3)10-12(2)14(11)23(19,20)16-5-4-6-17-7-8-22-15(17)18/h9-10,16H,4-8H2,1-3H3. The summed E-state index contributed by atoms with van der Waals surface area (Å²) in [5.41, 5.74) is 1.27. The van der Waals surface area contributed by atoms with Gasteiger partial charge in [0.2, 0.25) is 10.0 Å². The Balaban J connectivity index is 1.98. The van der Waals surface area contributed by atoms with Crippen molar-refractivity contribution in [1.29, 1.82) is 0 Å². The molecule has 7 nitrogen and oxygen atoms in total.